The third kappa shape index (κ3) is 3.23. The molecule has 0 saturated carbocycles. The lowest BCUT2D eigenvalue weighted by molar-refractivity contribution is 0.461. The van der Waals surface area contributed by atoms with Crippen LogP contribution in [0.25, 0.3) is 0 Å². The first-order valence-corrected chi connectivity index (χ1v) is 8.88. The molecule has 0 radical (unpaired) electrons. The summed E-state index contributed by atoms with van der Waals surface area (Å²) < 4.78 is 49.6. The second kappa shape index (κ2) is 4.43. The molecular weight excluding hydrogens is 290 g/mol. The Hall–Kier alpha value is -1.19. The maximum absolute atomic E-state index is 12.1. The fourth-order valence-corrected chi connectivity index (χ4v) is 5.59. The zero-order chi connectivity index (χ0) is 14.3. The zero-order valence-corrected chi connectivity index (χ0v) is 12.0. The first kappa shape index (κ1) is 14.2. The Morgan fingerprint density at radius 1 is 1.42 bits per heavy atom. The number of nitrogens with zero attached hydrogens (tertiary/aromatic N) is 1. The molecule has 19 heavy (non-hydrogen) atoms. The van der Waals surface area contributed by atoms with Crippen LogP contribution in [0.4, 0.5) is 5.82 Å². The SMILES string of the molecule is CC1(NS(=O)(=O)c2ccc(N)nc2)CCS(=O)(=O)C1. The minimum atomic E-state index is -3.80. The second-order valence-electron chi connectivity index (χ2n) is 4.93. The van der Waals surface area contributed by atoms with Crippen molar-refractivity contribution in [3.63, 3.8) is 0 Å². The molecule has 1 saturated heterocycles. The molecule has 9 heteroatoms. The van der Waals surface area contributed by atoms with E-state index in [2.05, 4.69) is 9.71 Å². The number of anilines is 1. The number of sulfonamides is 1. The standard InChI is InChI=1S/C10H15N3O4S2/c1-10(4-5-18(14,15)7-10)13-19(16,17)8-2-3-9(11)12-6-8/h2-3,6,13H,4-5,7H2,1H3,(H2,11,12). The molecule has 2 heterocycles. The maximum atomic E-state index is 12.1. The molecule has 0 aromatic carbocycles. The van der Waals surface area contributed by atoms with Gasteiger partial charge in [-0.05, 0) is 25.5 Å². The van der Waals surface area contributed by atoms with Crippen molar-refractivity contribution in [2.24, 2.45) is 0 Å². The van der Waals surface area contributed by atoms with Crippen LogP contribution in [0.3, 0.4) is 0 Å². The summed E-state index contributed by atoms with van der Waals surface area (Å²) in [6.07, 6.45) is 1.40. The van der Waals surface area contributed by atoms with Gasteiger partial charge in [-0.2, -0.15) is 0 Å². The number of pyridine rings is 1. The van der Waals surface area contributed by atoms with Gasteiger partial charge in [0.2, 0.25) is 10.0 Å². The van der Waals surface area contributed by atoms with Gasteiger partial charge in [0.1, 0.15) is 10.7 Å². The van der Waals surface area contributed by atoms with Gasteiger partial charge in [-0.15, -0.1) is 0 Å². The van der Waals surface area contributed by atoms with Gasteiger partial charge in [0.05, 0.1) is 11.5 Å². The normalized spacial score (nSPS) is 26.4. The molecule has 0 aliphatic carbocycles. The predicted octanol–water partition coefficient (Wildman–Crippen LogP) is -0.481. The van der Waals surface area contributed by atoms with Crippen LogP contribution < -0.4 is 10.5 Å². The molecule has 106 valence electrons. The van der Waals surface area contributed by atoms with Crippen LogP contribution in [-0.4, -0.2) is 38.9 Å². The number of rotatable bonds is 3. The van der Waals surface area contributed by atoms with Gasteiger partial charge in [-0.3, -0.25) is 0 Å². The highest BCUT2D eigenvalue weighted by atomic mass is 32.2. The van der Waals surface area contributed by atoms with Gasteiger partial charge in [-0.25, -0.2) is 26.5 Å². The molecule has 1 unspecified atom stereocenters. The van der Waals surface area contributed by atoms with Crippen LogP contribution in [0, 0.1) is 0 Å². The maximum Gasteiger partial charge on any atom is 0.242 e. The third-order valence-corrected chi connectivity index (χ3v) is 6.48. The average molecular weight is 305 g/mol. The molecule has 0 bridgehead atoms. The summed E-state index contributed by atoms with van der Waals surface area (Å²) in [7, 11) is -6.98. The summed E-state index contributed by atoms with van der Waals surface area (Å²) in [5.41, 5.74) is 4.42. The lowest BCUT2D eigenvalue weighted by Gasteiger charge is -2.23. The van der Waals surface area contributed by atoms with E-state index in [4.69, 9.17) is 5.73 Å². The summed E-state index contributed by atoms with van der Waals surface area (Å²) in [5.74, 6) is 0.0155. The van der Waals surface area contributed by atoms with Gasteiger partial charge in [0, 0.05) is 11.7 Å². The lowest BCUT2D eigenvalue weighted by atomic mass is 10.0. The number of hydrogen-bond donors (Lipinski definition) is 2. The predicted molar refractivity (Wildman–Crippen MR) is 70.6 cm³/mol. The van der Waals surface area contributed by atoms with Crippen LogP contribution in [-0.2, 0) is 19.9 Å². The van der Waals surface area contributed by atoms with Crippen LogP contribution in [0.2, 0.25) is 0 Å². The number of nitrogen functional groups attached to an aromatic ring is 1. The summed E-state index contributed by atoms with van der Waals surface area (Å²) in [5, 5.41) is 0. The van der Waals surface area contributed by atoms with E-state index in [1.165, 1.54) is 12.1 Å². The van der Waals surface area contributed by atoms with Crippen LogP contribution >= 0.6 is 0 Å². The van der Waals surface area contributed by atoms with Gasteiger partial charge in [0.25, 0.3) is 0 Å². The Balaban J connectivity index is 2.25. The molecule has 0 spiro atoms. The molecule has 2 rings (SSSR count). The average Bonchev–Trinajstić information content (AvgIpc) is 2.52. The first-order valence-electron chi connectivity index (χ1n) is 5.58. The van der Waals surface area contributed by atoms with E-state index in [9.17, 15) is 16.8 Å². The highest BCUT2D eigenvalue weighted by Crippen LogP contribution is 2.25. The monoisotopic (exact) mass is 305 g/mol. The summed E-state index contributed by atoms with van der Waals surface area (Å²) in [4.78, 5) is 3.68. The van der Waals surface area contributed by atoms with Crippen LogP contribution in [0.1, 0.15) is 13.3 Å². The molecule has 1 aliphatic heterocycles. The van der Waals surface area contributed by atoms with E-state index in [0.29, 0.717) is 0 Å². The topological polar surface area (TPSA) is 119 Å². The number of nitrogens with one attached hydrogen (secondary N) is 1. The highest BCUT2D eigenvalue weighted by Gasteiger charge is 2.41. The van der Waals surface area contributed by atoms with Gasteiger partial charge in [0.15, 0.2) is 9.84 Å². The quantitative estimate of drug-likeness (QED) is 0.778. The van der Waals surface area contributed by atoms with E-state index in [0.717, 1.165) is 6.20 Å². The lowest BCUT2D eigenvalue weighted by Crippen LogP contribution is -2.46. The fourth-order valence-electron chi connectivity index (χ4n) is 2.02. The summed E-state index contributed by atoms with van der Waals surface area (Å²) >= 11 is 0. The highest BCUT2D eigenvalue weighted by molar-refractivity contribution is 7.92. The van der Waals surface area contributed by atoms with Crippen LogP contribution in [0.5, 0.6) is 0 Å². The number of aromatic nitrogens is 1. The summed E-state index contributed by atoms with van der Waals surface area (Å²) in [6.45, 7) is 1.58. The largest absolute Gasteiger partial charge is 0.384 e. The Morgan fingerprint density at radius 2 is 2.11 bits per heavy atom. The van der Waals surface area contributed by atoms with Crippen molar-refractivity contribution in [1.82, 2.24) is 9.71 Å². The number of nitrogens with two attached hydrogens (primary N) is 1. The molecule has 1 aliphatic rings. The van der Waals surface area contributed by atoms with E-state index < -0.39 is 25.4 Å². The van der Waals surface area contributed by atoms with E-state index in [1.54, 1.807) is 6.92 Å². The molecule has 1 atom stereocenters. The van der Waals surface area contributed by atoms with Crippen molar-refractivity contribution in [3.8, 4) is 0 Å². The minimum absolute atomic E-state index is 0.00793. The second-order valence-corrected chi connectivity index (χ2v) is 8.79. The first-order chi connectivity index (χ1) is 8.62. The Bertz CT molecular complexity index is 682. The van der Waals surface area contributed by atoms with E-state index in [1.807, 2.05) is 0 Å². The molecule has 3 N–H and O–H groups in total. The van der Waals surface area contributed by atoms with Crippen molar-refractivity contribution in [2.45, 2.75) is 23.8 Å². The van der Waals surface area contributed by atoms with Crippen molar-refractivity contribution >= 4 is 25.7 Å². The molecule has 1 fully saturated rings. The third-order valence-electron chi connectivity index (χ3n) is 2.95. The van der Waals surface area contributed by atoms with Gasteiger partial charge >= 0.3 is 0 Å². The van der Waals surface area contributed by atoms with Crippen molar-refractivity contribution in [2.75, 3.05) is 17.2 Å². The van der Waals surface area contributed by atoms with Crippen molar-refractivity contribution < 1.29 is 16.8 Å². The number of sulfone groups is 1. The van der Waals surface area contributed by atoms with Gasteiger partial charge < -0.3 is 5.73 Å². The molecular formula is C10H15N3O4S2. The van der Waals surface area contributed by atoms with Gasteiger partial charge in [-0.1, -0.05) is 0 Å². The smallest absolute Gasteiger partial charge is 0.242 e. The number of hydrogen-bond acceptors (Lipinski definition) is 6. The Morgan fingerprint density at radius 3 is 2.58 bits per heavy atom. The minimum Gasteiger partial charge on any atom is -0.384 e. The van der Waals surface area contributed by atoms with Crippen molar-refractivity contribution in [3.05, 3.63) is 18.3 Å². The fraction of sp³-hybridized carbons (Fsp3) is 0.500. The molecule has 0 amide bonds. The molecule has 1 aromatic heterocycles. The Kier molecular flexibility index (Phi) is 3.31. The molecule has 7 nitrogen and oxygen atoms in total. The Labute approximate surface area is 112 Å². The zero-order valence-electron chi connectivity index (χ0n) is 10.3. The van der Waals surface area contributed by atoms with E-state index in [-0.39, 0.29) is 28.6 Å². The van der Waals surface area contributed by atoms with E-state index >= 15 is 0 Å². The molecule has 1 aromatic rings. The summed E-state index contributed by atoms with van der Waals surface area (Å²) in [6, 6.07) is 2.71. The van der Waals surface area contributed by atoms with Crippen molar-refractivity contribution in [1.29, 1.82) is 0 Å². The van der Waals surface area contributed by atoms with Crippen LogP contribution in [0.15, 0.2) is 23.2 Å².